The summed E-state index contributed by atoms with van der Waals surface area (Å²) in [6, 6.07) is 10.8. The third-order valence-electron chi connectivity index (χ3n) is 5.26. The zero-order valence-electron chi connectivity index (χ0n) is 18.1. The van der Waals surface area contributed by atoms with Gasteiger partial charge in [0.2, 0.25) is 0 Å². The Morgan fingerprint density at radius 2 is 1.97 bits per heavy atom. The van der Waals surface area contributed by atoms with Crippen molar-refractivity contribution in [1.82, 2.24) is 20.1 Å². The van der Waals surface area contributed by atoms with Crippen LogP contribution in [0.3, 0.4) is 0 Å². The third-order valence-corrected chi connectivity index (χ3v) is 5.57. The highest BCUT2D eigenvalue weighted by Gasteiger charge is 2.21. The summed E-state index contributed by atoms with van der Waals surface area (Å²) in [7, 11) is 1.77. The maximum atomic E-state index is 14.2. The molecule has 0 aliphatic heterocycles. The van der Waals surface area contributed by atoms with Gasteiger partial charge < -0.3 is 15.7 Å². The predicted octanol–water partition coefficient (Wildman–Crippen LogP) is 4.07. The highest BCUT2D eigenvalue weighted by molar-refractivity contribution is 6.30. The highest BCUT2D eigenvalue weighted by Crippen LogP contribution is 2.26. The van der Waals surface area contributed by atoms with Gasteiger partial charge in [-0.3, -0.25) is 9.48 Å². The number of nitrogens with one attached hydrogen (secondary N) is 2. The molecule has 7 nitrogen and oxygen atoms in total. The number of benzene rings is 2. The molecule has 1 amide bonds. The second-order valence-electron chi connectivity index (χ2n) is 7.89. The van der Waals surface area contributed by atoms with E-state index in [2.05, 4.69) is 20.7 Å². The molecule has 0 saturated heterocycles. The lowest BCUT2D eigenvalue weighted by Crippen LogP contribution is -2.29. The summed E-state index contributed by atoms with van der Waals surface area (Å²) >= 11 is 5.84. The minimum absolute atomic E-state index is 0.0121. The summed E-state index contributed by atoms with van der Waals surface area (Å²) in [4.78, 5) is 17.5. The number of amides is 1. The van der Waals surface area contributed by atoms with Crippen LogP contribution in [-0.4, -0.2) is 38.4 Å². The van der Waals surface area contributed by atoms with E-state index in [-0.39, 0.29) is 23.6 Å². The first-order valence-corrected chi connectivity index (χ1v) is 10.7. The number of carbonyl (C=O) groups is 1. The predicted molar refractivity (Wildman–Crippen MR) is 126 cm³/mol. The van der Waals surface area contributed by atoms with Crippen LogP contribution in [0.5, 0.6) is 0 Å². The standard InChI is InChI=1S/C24H23ClFN5O2/c1-14(13-32)29-22-9-18-7-16(3-4-17(18)10-27-22)24(33)30-23(19-11-28-31(2)12-19)15-5-6-20(25)21(26)8-15/h3-12,14,23,32H,13H2,1-2H3,(H,27,29)(H,30,33). The minimum atomic E-state index is -0.617. The molecule has 33 heavy (non-hydrogen) atoms. The first-order chi connectivity index (χ1) is 15.8. The van der Waals surface area contributed by atoms with Crippen LogP contribution in [0, 0.1) is 5.82 Å². The van der Waals surface area contributed by atoms with E-state index >= 15 is 0 Å². The van der Waals surface area contributed by atoms with Crippen LogP contribution in [0.4, 0.5) is 10.2 Å². The van der Waals surface area contributed by atoms with Crippen molar-refractivity contribution in [2.45, 2.75) is 19.0 Å². The molecule has 0 radical (unpaired) electrons. The molecule has 0 aliphatic rings. The molecule has 9 heteroatoms. The van der Waals surface area contributed by atoms with E-state index in [0.29, 0.717) is 22.5 Å². The molecule has 4 rings (SSSR count). The smallest absolute Gasteiger partial charge is 0.252 e. The lowest BCUT2D eigenvalue weighted by Gasteiger charge is -2.19. The van der Waals surface area contributed by atoms with Gasteiger partial charge in [0, 0.05) is 42.0 Å². The van der Waals surface area contributed by atoms with Crippen molar-refractivity contribution in [2.24, 2.45) is 7.05 Å². The number of anilines is 1. The SMILES string of the molecule is CC(CO)Nc1cc2cc(C(=O)NC(c3ccc(Cl)c(F)c3)c3cnn(C)c3)ccc2cn1. The molecular weight excluding hydrogens is 445 g/mol. The van der Waals surface area contributed by atoms with Gasteiger partial charge in [-0.1, -0.05) is 23.7 Å². The summed E-state index contributed by atoms with van der Waals surface area (Å²) in [5.74, 6) is -0.282. The number of aryl methyl sites for hydroxylation is 1. The second-order valence-corrected chi connectivity index (χ2v) is 8.29. The molecule has 2 aromatic carbocycles. The normalized spacial score (nSPS) is 13.0. The fraction of sp³-hybridized carbons (Fsp3) is 0.208. The average molecular weight is 468 g/mol. The van der Waals surface area contributed by atoms with Gasteiger partial charge in [0.15, 0.2) is 0 Å². The van der Waals surface area contributed by atoms with Gasteiger partial charge in [0.25, 0.3) is 5.91 Å². The Bertz CT molecular complexity index is 1310. The molecule has 0 saturated carbocycles. The van der Waals surface area contributed by atoms with E-state index in [9.17, 15) is 14.3 Å². The molecule has 2 aromatic heterocycles. The fourth-order valence-electron chi connectivity index (χ4n) is 3.51. The van der Waals surface area contributed by atoms with Gasteiger partial charge in [0.1, 0.15) is 11.6 Å². The lowest BCUT2D eigenvalue weighted by molar-refractivity contribution is 0.0943. The summed E-state index contributed by atoms with van der Waals surface area (Å²) < 4.78 is 15.8. The average Bonchev–Trinajstić information content (AvgIpc) is 3.24. The molecule has 4 aromatic rings. The number of halogens is 2. The monoisotopic (exact) mass is 467 g/mol. The first-order valence-electron chi connectivity index (χ1n) is 10.4. The third kappa shape index (κ3) is 5.13. The molecule has 2 unspecified atom stereocenters. The van der Waals surface area contributed by atoms with Crippen molar-refractivity contribution < 1.29 is 14.3 Å². The number of aliphatic hydroxyl groups excluding tert-OH is 1. The van der Waals surface area contributed by atoms with Gasteiger partial charge in [0.05, 0.1) is 23.9 Å². The molecule has 2 atom stereocenters. The Kier molecular flexibility index (Phi) is 6.57. The number of aliphatic hydroxyl groups is 1. The van der Waals surface area contributed by atoms with Crippen molar-refractivity contribution in [3.8, 4) is 0 Å². The number of hydrogen-bond acceptors (Lipinski definition) is 5. The van der Waals surface area contributed by atoms with Crippen molar-refractivity contribution >= 4 is 34.1 Å². The van der Waals surface area contributed by atoms with E-state index in [1.807, 2.05) is 19.1 Å². The Morgan fingerprint density at radius 3 is 2.67 bits per heavy atom. The van der Waals surface area contributed by atoms with Crippen LogP contribution < -0.4 is 10.6 Å². The molecule has 0 fully saturated rings. The maximum absolute atomic E-state index is 14.2. The number of rotatable bonds is 7. The van der Waals surface area contributed by atoms with Crippen LogP contribution in [0.1, 0.15) is 34.5 Å². The zero-order valence-corrected chi connectivity index (χ0v) is 18.8. The quantitative estimate of drug-likeness (QED) is 0.381. The summed E-state index contributed by atoms with van der Waals surface area (Å²) in [5, 5.41) is 21.2. The topological polar surface area (TPSA) is 92.1 Å². The Hall–Kier alpha value is -3.49. The molecule has 170 valence electrons. The molecule has 0 bridgehead atoms. The molecule has 2 heterocycles. The van der Waals surface area contributed by atoms with Crippen molar-refractivity contribution in [2.75, 3.05) is 11.9 Å². The Balaban J connectivity index is 1.65. The minimum Gasteiger partial charge on any atom is -0.394 e. The number of pyridine rings is 1. The Labute approximate surface area is 195 Å². The van der Waals surface area contributed by atoms with Crippen LogP contribution in [-0.2, 0) is 7.05 Å². The van der Waals surface area contributed by atoms with Gasteiger partial charge in [-0.15, -0.1) is 0 Å². The van der Waals surface area contributed by atoms with E-state index in [1.165, 1.54) is 12.1 Å². The van der Waals surface area contributed by atoms with E-state index < -0.39 is 11.9 Å². The van der Waals surface area contributed by atoms with Gasteiger partial charge in [-0.2, -0.15) is 5.10 Å². The summed E-state index contributed by atoms with van der Waals surface area (Å²) in [6.45, 7) is 1.82. The van der Waals surface area contributed by atoms with Gasteiger partial charge in [-0.05, 0) is 48.2 Å². The number of carbonyl (C=O) groups excluding carboxylic acids is 1. The highest BCUT2D eigenvalue weighted by atomic mass is 35.5. The lowest BCUT2D eigenvalue weighted by atomic mass is 10.0. The molecule has 0 aliphatic carbocycles. The van der Waals surface area contributed by atoms with Gasteiger partial charge in [-0.25, -0.2) is 9.37 Å². The molecular formula is C24H23ClFN5O2. The van der Waals surface area contributed by atoms with E-state index in [4.69, 9.17) is 11.6 Å². The Morgan fingerprint density at radius 1 is 1.15 bits per heavy atom. The largest absolute Gasteiger partial charge is 0.394 e. The number of hydrogen-bond donors (Lipinski definition) is 3. The van der Waals surface area contributed by atoms with Crippen molar-refractivity contribution in [1.29, 1.82) is 0 Å². The van der Waals surface area contributed by atoms with Crippen LogP contribution in [0.25, 0.3) is 10.8 Å². The molecule has 3 N–H and O–H groups in total. The fourth-order valence-corrected chi connectivity index (χ4v) is 3.63. The summed E-state index contributed by atoms with van der Waals surface area (Å²) in [6.07, 6.45) is 5.10. The van der Waals surface area contributed by atoms with Crippen LogP contribution in [0.2, 0.25) is 5.02 Å². The zero-order chi connectivity index (χ0) is 23.5. The van der Waals surface area contributed by atoms with Gasteiger partial charge >= 0.3 is 0 Å². The van der Waals surface area contributed by atoms with E-state index in [0.717, 1.165) is 10.8 Å². The first kappa shape index (κ1) is 22.7. The van der Waals surface area contributed by atoms with Crippen LogP contribution in [0.15, 0.2) is 61.1 Å². The van der Waals surface area contributed by atoms with Crippen molar-refractivity contribution in [3.05, 3.63) is 88.6 Å². The van der Waals surface area contributed by atoms with Crippen LogP contribution >= 0.6 is 11.6 Å². The number of fused-ring (bicyclic) bond motifs is 1. The molecule has 0 spiro atoms. The second kappa shape index (κ2) is 9.56. The maximum Gasteiger partial charge on any atom is 0.252 e. The number of aromatic nitrogens is 3. The summed E-state index contributed by atoms with van der Waals surface area (Å²) in [5.41, 5.74) is 1.70. The van der Waals surface area contributed by atoms with Crippen molar-refractivity contribution in [3.63, 3.8) is 0 Å². The van der Waals surface area contributed by atoms with E-state index in [1.54, 1.807) is 48.5 Å². The number of nitrogens with zero attached hydrogens (tertiary/aromatic N) is 3.